The standard InChI is InChI=1S/C16H22O10/c1-2-6-7-3-10(18)25-14(22)8(7)5-23-15(6)26-16-13(21)12(20)11(19)9(4-17)24-16/h2,5-7,9-13,15-21H,1,3-4H2/t6-,7+,9+,10?,11?,12-,13+,15+,16-/m1/s1. The van der Waals surface area contributed by atoms with Gasteiger partial charge in [0.25, 0.3) is 0 Å². The number of esters is 1. The average molecular weight is 374 g/mol. The lowest BCUT2D eigenvalue weighted by Gasteiger charge is -2.43. The third-order valence-electron chi connectivity index (χ3n) is 4.83. The number of hydrogen-bond acceptors (Lipinski definition) is 10. The minimum absolute atomic E-state index is 0.117. The maximum Gasteiger partial charge on any atom is 0.339 e. The first-order chi connectivity index (χ1) is 12.4. The van der Waals surface area contributed by atoms with Crippen molar-refractivity contribution >= 4 is 5.97 Å². The van der Waals surface area contributed by atoms with E-state index in [4.69, 9.17) is 18.9 Å². The predicted octanol–water partition coefficient (Wildman–Crippen LogP) is -2.27. The molecule has 0 saturated carbocycles. The Morgan fingerprint density at radius 3 is 2.58 bits per heavy atom. The molecule has 10 heteroatoms. The van der Waals surface area contributed by atoms with Gasteiger partial charge in [0.15, 0.2) is 6.29 Å². The van der Waals surface area contributed by atoms with Gasteiger partial charge >= 0.3 is 5.97 Å². The highest BCUT2D eigenvalue weighted by Crippen LogP contribution is 2.39. The molecular formula is C16H22O10. The first-order valence-electron chi connectivity index (χ1n) is 8.20. The zero-order valence-corrected chi connectivity index (χ0v) is 13.7. The zero-order chi connectivity index (χ0) is 19.0. The van der Waals surface area contributed by atoms with Gasteiger partial charge in [0.2, 0.25) is 12.6 Å². The molecule has 5 N–H and O–H groups in total. The fourth-order valence-corrected chi connectivity index (χ4v) is 3.37. The number of cyclic esters (lactones) is 1. The number of rotatable bonds is 4. The third kappa shape index (κ3) is 3.37. The Bertz CT molecular complexity index is 575. The van der Waals surface area contributed by atoms with Gasteiger partial charge in [-0.05, 0) is 0 Å². The second-order valence-corrected chi connectivity index (χ2v) is 6.43. The van der Waals surface area contributed by atoms with Crippen molar-refractivity contribution in [1.82, 2.24) is 0 Å². The van der Waals surface area contributed by atoms with Crippen LogP contribution in [-0.2, 0) is 23.7 Å². The van der Waals surface area contributed by atoms with Crippen molar-refractivity contribution in [3.8, 4) is 0 Å². The van der Waals surface area contributed by atoms with Crippen molar-refractivity contribution in [3.05, 3.63) is 24.5 Å². The summed E-state index contributed by atoms with van der Waals surface area (Å²) in [5.41, 5.74) is 0.230. The van der Waals surface area contributed by atoms with E-state index in [1.54, 1.807) is 0 Å². The van der Waals surface area contributed by atoms with E-state index in [2.05, 4.69) is 6.58 Å². The molecule has 0 amide bonds. The lowest BCUT2D eigenvalue weighted by atomic mass is 9.80. The van der Waals surface area contributed by atoms with Gasteiger partial charge in [0.1, 0.15) is 24.4 Å². The van der Waals surface area contributed by atoms with E-state index in [0.717, 1.165) is 6.26 Å². The molecule has 10 nitrogen and oxygen atoms in total. The number of carbonyl (C=O) groups excluding carboxylic acids is 1. The van der Waals surface area contributed by atoms with Crippen LogP contribution in [0.2, 0.25) is 0 Å². The molecule has 0 spiro atoms. The molecular weight excluding hydrogens is 352 g/mol. The largest absolute Gasteiger partial charge is 0.471 e. The average Bonchev–Trinajstić information content (AvgIpc) is 2.61. The summed E-state index contributed by atoms with van der Waals surface area (Å²) in [6.45, 7) is 3.10. The van der Waals surface area contributed by atoms with Crippen LogP contribution in [0.25, 0.3) is 0 Å². The molecule has 2 unspecified atom stereocenters. The van der Waals surface area contributed by atoms with Crippen molar-refractivity contribution < 1.29 is 49.3 Å². The summed E-state index contributed by atoms with van der Waals surface area (Å²) in [6, 6.07) is 0. The number of aliphatic hydroxyl groups excluding tert-OH is 5. The van der Waals surface area contributed by atoms with Gasteiger partial charge in [-0.1, -0.05) is 6.08 Å². The Hall–Kier alpha value is -1.53. The van der Waals surface area contributed by atoms with Crippen LogP contribution in [0.4, 0.5) is 0 Å². The molecule has 0 radical (unpaired) electrons. The highest BCUT2D eigenvalue weighted by atomic mass is 16.8. The number of hydrogen-bond donors (Lipinski definition) is 5. The Morgan fingerprint density at radius 2 is 1.92 bits per heavy atom. The molecule has 0 aliphatic carbocycles. The highest BCUT2D eigenvalue weighted by molar-refractivity contribution is 5.89. The van der Waals surface area contributed by atoms with Crippen LogP contribution in [0.15, 0.2) is 24.5 Å². The van der Waals surface area contributed by atoms with Crippen LogP contribution in [0.3, 0.4) is 0 Å². The van der Waals surface area contributed by atoms with E-state index in [-0.39, 0.29) is 12.0 Å². The normalized spacial score (nSPS) is 45.8. The minimum atomic E-state index is -1.59. The smallest absolute Gasteiger partial charge is 0.339 e. The van der Waals surface area contributed by atoms with Crippen molar-refractivity contribution in [1.29, 1.82) is 0 Å². The van der Waals surface area contributed by atoms with E-state index in [9.17, 15) is 30.3 Å². The summed E-state index contributed by atoms with van der Waals surface area (Å²) in [6.07, 6.45) is -6.75. The van der Waals surface area contributed by atoms with Crippen LogP contribution in [0.1, 0.15) is 6.42 Å². The van der Waals surface area contributed by atoms with Crippen LogP contribution in [-0.4, -0.2) is 81.4 Å². The van der Waals surface area contributed by atoms with Crippen molar-refractivity contribution in [2.24, 2.45) is 11.8 Å². The first kappa shape index (κ1) is 19.2. The Balaban J connectivity index is 1.77. The SMILES string of the molecule is C=C[C@H]1[C@H](O[C@H]2O[C@@H](CO)C(O)[C@@H](O)[C@@H]2O)OC=C2C(=O)OC(O)C[C@H]21. The Labute approximate surface area is 148 Å². The first-order valence-corrected chi connectivity index (χ1v) is 8.20. The molecule has 3 aliphatic rings. The minimum Gasteiger partial charge on any atom is -0.471 e. The summed E-state index contributed by atoms with van der Waals surface area (Å²) in [5.74, 6) is -1.76. The number of carbonyl (C=O) groups is 1. The number of ether oxygens (including phenoxy) is 4. The molecule has 3 heterocycles. The molecule has 9 atom stereocenters. The third-order valence-corrected chi connectivity index (χ3v) is 4.83. The molecule has 3 rings (SSSR count). The Morgan fingerprint density at radius 1 is 1.19 bits per heavy atom. The summed E-state index contributed by atoms with van der Waals surface area (Å²) < 4.78 is 21.0. The van der Waals surface area contributed by atoms with Gasteiger partial charge in [0, 0.05) is 18.3 Å². The second kappa shape index (κ2) is 7.61. The fourth-order valence-electron chi connectivity index (χ4n) is 3.37. The van der Waals surface area contributed by atoms with Gasteiger partial charge in [-0.15, -0.1) is 6.58 Å². The van der Waals surface area contributed by atoms with Crippen LogP contribution in [0, 0.1) is 11.8 Å². The van der Waals surface area contributed by atoms with Crippen molar-refractivity contribution in [3.63, 3.8) is 0 Å². The maximum absolute atomic E-state index is 11.9. The lowest BCUT2D eigenvalue weighted by molar-refractivity contribution is -0.340. The summed E-state index contributed by atoms with van der Waals surface area (Å²) in [5, 5.41) is 48.6. The van der Waals surface area contributed by atoms with Gasteiger partial charge in [0.05, 0.1) is 18.4 Å². The fraction of sp³-hybridized carbons (Fsp3) is 0.688. The quantitative estimate of drug-likeness (QED) is 0.269. The Kier molecular flexibility index (Phi) is 5.63. The molecule has 0 aromatic heterocycles. The van der Waals surface area contributed by atoms with Crippen LogP contribution >= 0.6 is 0 Å². The summed E-state index contributed by atoms with van der Waals surface area (Å²) in [7, 11) is 0. The van der Waals surface area contributed by atoms with Gasteiger partial charge in [-0.3, -0.25) is 0 Å². The molecule has 0 bridgehead atoms. The van der Waals surface area contributed by atoms with E-state index >= 15 is 0 Å². The zero-order valence-electron chi connectivity index (χ0n) is 13.7. The molecule has 0 aromatic rings. The molecule has 26 heavy (non-hydrogen) atoms. The summed E-state index contributed by atoms with van der Waals surface area (Å²) in [4.78, 5) is 11.9. The molecule has 0 aromatic carbocycles. The van der Waals surface area contributed by atoms with E-state index < -0.39 is 67.7 Å². The molecule has 146 valence electrons. The van der Waals surface area contributed by atoms with Crippen LogP contribution < -0.4 is 0 Å². The topological polar surface area (TPSA) is 155 Å². The van der Waals surface area contributed by atoms with Gasteiger partial charge < -0.3 is 44.5 Å². The highest BCUT2D eigenvalue weighted by Gasteiger charge is 2.48. The molecule has 3 aliphatic heterocycles. The van der Waals surface area contributed by atoms with Crippen molar-refractivity contribution in [2.45, 2.75) is 49.7 Å². The lowest BCUT2D eigenvalue weighted by Crippen LogP contribution is -2.60. The van der Waals surface area contributed by atoms with Gasteiger partial charge in [-0.25, -0.2) is 4.79 Å². The molecule has 2 saturated heterocycles. The van der Waals surface area contributed by atoms with E-state index in [0.29, 0.717) is 0 Å². The van der Waals surface area contributed by atoms with Crippen LogP contribution in [0.5, 0.6) is 0 Å². The predicted molar refractivity (Wildman–Crippen MR) is 81.7 cm³/mol. The monoisotopic (exact) mass is 374 g/mol. The maximum atomic E-state index is 11.9. The van der Waals surface area contributed by atoms with Gasteiger partial charge in [-0.2, -0.15) is 0 Å². The number of fused-ring (bicyclic) bond motifs is 1. The second-order valence-electron chi connectivity index (χ2n) is 6.43. The van der Waals surface area contributed by atoms with E-state index in [1.165, 1.54) is 6.08 Å². The number of aliphatic hydroxyl groups is 5. The van der Waals surface area contributed by atoms with E-state index in [1.807, 2.05) is 0 Å². The van der Waals surface area contributed by atoms with Crippen molar-refractivity contribution in [2.75, 3.05) is 6.61 Å². The summed E-state index contributed by atoms with van der Waals surface area (Å²) >= 11 is 0. The molecule has 2 fully saturated rings.